The molecular weight excluding hydrogens is 200 g/mol. The van der Waals surface area contributed by atoms with E-state index in [1.54, 1.807) is 0 Å². The molecule has 0 saturated carbocycles. The van der Waals surface area contributed by atoms with Gasteiger partial charge in [0.15, 0.2) is 0 Å². The number of hydrogen-bond donors (Lipinski definition) is 1. The highest BCUT2D eigenvalue weighted by Gasteiger charge is 2.31. The van der Waals surface area contributed by atoms with Gasteiger partial charge in [0.2, 0.25) is 5.91 Å². The monoisotopic (exact) mass is 226 g/mol. The van der Waals surface area contributed by atoms with Crippen molar-refractivity contribution in [1.82, 2.24) is 4.90 Å². The summed E-state index contributed by atoms with van der Waals surface area (Å²) in [6.45, 7) is 9.46. The van der Waals surface area contributed by atoms with Crippen molar-refractivity contribution < 1.29 is 4.79 Å². The van der Waals surface area contributed by atoms with E-state index in [1.807, 2.05) is 4.90 Å². The summed E-state index contributed by atoms with van der Waals surface area (Å²) in [7, 11) is 0. The summed E-state index contributed by atoms with van der Waals surface area (Å²) in [5, 5.41) is 0. The molecule has 1 heterocycles. The number of piperidine rings is 1. The molecule has 3 heteroatoms. The van der Waals surface area contributed by atoms with Gasteiger partial charge in [-0.25, -0.2) is 0 Å². The zero-order valence-corrected chi connectivity index (χ0v) is 11.1. The smallest absolute Gasteiger partial charge is 0.239 e. The van der Waals surface area contributed by atoms with Crippen LogP contribution in [0.15, 0.2) is 0 Å². The Morgan fingerprint density at radius 1 is 1.44 bits per heavy atom. The van der Waals surface area contributed by atoms with Gasteiger partial charge in [-0.3, -0.25) is 4.79 Å². The van der Waals surface area contributed by atoms with Crippen LogP contribution in [0, 0.1) is 11.8 Å². The molecule has 16 heavy (non-hydrogen) atoms. The van der Waals surface area contributed by atoms with Crippen molar-refractivity contribution in [2.24, 2.45) is 17.6 Å². The first-order valence-corrected chi connectivity index (χ1v) is 6.49. The molecule has 0 aromatic rings. The molecule has 2 N–H and O–H groups in total. The van der Waals surface area contributed by atoms with Gasteiger partial charge >= 0.3 is 0 Å². The van der Waals surface area contributed by atoms with E-state index in [9.17, 15) is 4.79 Å². The Kier molecular flexibility index (Phi) is 4.78. The Morgan fingerprint density at radius 2 is 2.06 bits per heavy atom. The minimum absolute atomic E-state index is 0.146. The molecule has 0 aromatic carbocycles. The average Bonchev–Trinajstić information content (AvgIpc) is 2.20. The standard InChI is InChI=1S/C13H26N2O/c1-9(2)8-12(14)13(16)15-7-5-6-10(3)11(15)4/h9-12H,5-8,14H2,1-4H3/t10?,11?,12-/m1/s1. The number of likely N-dealkylation sites (tertiary alicyclic amines) is 1. The molecular formula is C13H26N2O. The van der Waals surface area contributed by atoms with Crippen molar-refractivity contribution in [2.75, 3.05) is 6.54 Å². The van der Waals surface area contributed by atoms with E-state index >= 15 is 0 Å². The first kappa shape index (κ1) is 13.5. The quantitative estimate of drug-likeness (QED) is 0.800. The number of amides is 1. The molecule has 94 valence electrons. The second-order valence-electron chi connectivity index (χ2n) is 5.63. The Hall–Kier alpha value is -0.570. The second-order valence-corrected chi connectivity index (χ2v) is 5.63. The first-order valence-electron chi connectivity index (χ1n) is 6.49. The topological polar surface area (TPSA) is 46.3 Å². The lowest BCUT2D eigenvalue weighted by Gasteiger charge is -2.39. The van der Waals surface area contributed by atoms with Gasteiger partial charge in [0, 0.05) is 12.6 Å². The van der Waals surface area contributed by atoms with Crippen LogP contribution in [0.5, 0.6) is 0 Å². The third-order valence-electron chi connectivity index (χ3n) is 3.70. The fraction of sp³-hybridized carbons (Fsp3) is 0.923. The van der Waals surface area contributed by atoms with E-state index < -0.39 is 0 Å². The number of hydrogen-bond acceptors (Lipinski definition) is 2. The van der Waals surface area contributed by atoms with Crippen LogP contribution in [0.25, 0.3) is 0 Å². The van der Waals surface area contributed by atoms with Crippen LogP contribution in [0.2, 0.25) is 0 Å². The molecule has 0 aromatic heterocycles. The Balaban J connectivity index is 2.58. The van der Waals surface area contributed by atoms with E-state index in [-0.39, 0.29) is 11.9 Å². The largest absolute Gasteiger partial charge is 0.338 e. The minimum Gasteiger partial charge on any atom is -0.338 e. The van der Waals surface area contributed by atoms with Gasteiger partial charge < -0.3 is 10.6 Å². The molecule has 1 amide bonds. The summed E-state index contributed by atoms with van der Waals surface area (Å²) in [6.07, 6.45) is 3.13. The predicted molar refractivity (Wildman–Crippen MR) is 67.0 cm³/mol. The Morgan fingerprint density at radius 3 is 2.62 bits per heavy atom. The molecule has 1 aliphatic heterocycles. The highest BCUT2D eigenvalue weighted by Crippen LogP contribution is 2.23. The summed E-state index contributed by atoms with van der Waals surface area (Å²) >= 11 is 0. The van der Waals surface area contributed by atoms with Crippen molar-refractivity contribution in [1.29, 1.82) is 0 Å². The predicted octanol–water partition coefficient (Wildman–Crippen LogP) is 2.01. The van der Waals surface area contributed by atoms with Crippen LogP contribution in [0.3, 0.4) is 0 Å². The highest BCUT2D eigenvalue weighted by atomic mass is 16.2. The zero-order chi connectivity index (χ0) is 12.3. The van der Waals surface area contributed by atoms with Crippen molar-refractivity contribution in [3.63, 3.8) is 0 Å². The fourth-order valence-corrected chi connectivity index (χ4v) is 2.47. The van der Waals surface area contributed by atoms with Crippen molar-refractivity contribution in [2.45, 2.75) is 59.0 Å². The Bertz CT molecular complexity index is 240. The van der Waals surface area contributed by atoms with E-state index in [1.165, 1.54) is 6.42 Å². The van der Waals surface area contributed by atoms with Gasteiger partial charge in [0.05, 0.1) is 6.04 Å². The van der Waals surface area contributed by atoms with Gasteiger partial charge in [-0.1, -0.05) is 20.8 Å². The van der Waals surface area contributed by atoms with Crippen LogP contribution < -0.4 is 5.73 Å². The number of nitrogens with zero attached hydrogens (tertiary/aromatic N) is 1. The zero-order valence-electron chi connectivity index (χ0n) is 11.1. The third-order valence-corrected chi connectivity index (χ3v) is 3.70. The molecule has 0 bridgehead atoms. The second kappa shape index (κ2) is 5.67. The van der Waals surface area contributed by atoms with E-state index in [4.69, 9.17) is 5.73 Å². The number of carbonyl (C=O) groups is 1. The maximum absolute atomic E-state index is 12.2. The van der Waals surface area contributed by atoms with Gasteiger partial charge in [0.25, 0.3) is 0 Å². The molecule has 3 nitrogen and oxygen atoms in total. The SMILES string of the molecule is CC(C)C[C@@H](N)C(=O)N1CCCC(C)C1C. The van der Waals surface area contributed by atoms with Crippen LogP contribution >= 0.6 is 0 Å². The molecule has 0 spiro atoms. The van der Waals surface area contributed by atoms with Crippen LogP contribution in [-0.4, -0.2) is 29.4 Å². The van der Waals surface area contributed by atoms with Gasteiger partial charge in [0.1, 0.15) is 0 Å². The van der Waals surface area contributed by atoms with Crippen LogP contribution in [0.4, 0.5) is 0 Å². The van der Waals surface area contributed by atoms with Gasteiger partial charge in [-0.05, 0) is 38.0 Å². The summed E-state index contributed by atoms with van der Waals surface area (Å²) in [5.74, 6) is 1.23. The molecule has 1 fully saturated rings. The third kappa shape index (κ3) is 3.21. The van der Waals surface area contributed by atoms with Crippen molar-refractivity contribution in [3.05, 3.63) is 0 Å². The maximum Gasteiger partial charge on any atom is 0.239 e. The van der Waals surface area contributed by atoms with Crippen LogP contribution in [0.1, 0.15) is 47.0 Å². The molecule has 0 aliphatic carbocycles. The van der Waals surface area contributed by atoms with Gasteiger partial charge in [-0.2, -0.15) is 0 Å². The Labute approximate surface area is 99.4 Å². The number of carbonyl (C=O) groups excluding carboxylic acids is 1. The molecule has 1 aliphatic rings. The van der Waals surface area contributed by atoms with E-state index in [0.717, 1.165) is 19.4 Å². The summed E-state index contributed by atoms with van der Waals surface area (Å²) in [6, 6.07) is 0.0345. The molecule has 0 radical (unpaired) electrons. The summed E-state index contributed by atoms with van der Waals surface area (Å²) in [4.78, 5) is 14.2. The van der Waals surface area contributed by atoms with E-state index in [0.29, 0.717) is 17.9 Å². The lowest BCUT2D eigenvalue weighted by atomic mass is 9.91. The van der Waals surface area contributed by atoms with E-state index in [2.05, 4.69) is 27.7 Å². The first-order chi connectivity index (χ1) is 7.43. The van der Waals surface area contributed by atoms with Crippen molar-refractivity contribution >= 4 is 5.91 Å². The average molecular weight is 226 g/mol. The summed E-state index contributed by atoms with van der Waals surface area (Å²) < 4.78 is 0. The molecule has 3 atom stereocenters. The highest BCUT2D eigenvalue weighted by molar-refractivity contribution is 5.82. The molecule has 2 unspecified atom stereocenters. The lowest BCUT2D eigenvalue weighted by molar-refractivity contribution is -0.137. The van der Waals surface area contributed by atoms with Crippen LogP contribution in [-0.2, 0) is 4.79 Å². The maximum atomic E-state index is 12.2. The molecule has 1 saturated heterocycles. The number of rotatable bonds is 3. The minimum atomic E-state index is -0.312. The normalized spacial score (nSPS) is 28.2. The lowest BCUT2D eigenvalue weighted by Crippen LogP contribution is -2.52. The number of nitrogens with two attached hydrogens (primary N) is 1. The molecule has 1 rings (SSSR count). The summed E-state index contributed by atoms with van der Waals surface area (Å²) in [5.41, 5.74) is 5.97. The fourth-order valence-electron chi connectivity index (χ4n) is 2.47. The van der Waals surface area contributed by atoms with Crippen molar-refractivity contribution in [3.8, 4) is 0 Å². The van der Waals surface area contributed by atoms with Gasteiger partial charge in [-0.15, -0.1) is 0 Å².